The minimum absolute atomic E-state index is 0.0466. The molecular weight excluding hydrogens is 480 g/mol. The second-order valence-electron chi connectivity index (χ2n) is 7.10. The van der Waals surface area contributed by atoms with Gasteiger partial charge in [-0.15, -0.1) is 0 Å². The molecule has 12 nitrogen and oxygen atoms in total. The molecule has 0 fully saturated rings. The van der Waals surface area contributed by atoms with Gasteiger partial charge in [0.05, 0.1) is 24.3 Å². The Morgan fingerprint density at radius 2 is 1.36 bits per heavy atom. The second kappa shape index (κ2) is 15.2. The van der Waals surface area contributed by atoms with E-state index in [4.69, 9.17) is 25.2 Å². The third kappa shape index (κ3) is 11.4. The van der Waals surface area contributed by atoms with Crippen molar-refractivity contribution < 1.29 is 58.7 Å². The molecule has 1 rings (SSSR count). The number of carboxylic acid groups (broad SMARTS) is 4. The van der Waals surface area contributed by atoms with Crippen LogP contribution in [0.1, 0.15) is 46.5 Å². The summed E-state index contributed by atoms with van der Waals surface area (Å²) in [7, 11) is 0. The van der Waals surface area contributed by atoms with Crippen LogP contribution in [0.25, 0.3) is 0 Å². The largest absolute Gasteiger partial charge is 0.478 e. The van der Waals surface area contributed by atoms with E-state index in [-0.39, 0.29) is 53.9 Å². The summed E-state index contributed by atoms with van der Waals surface area (Å²) in [5.74, 6) is -6.57. The topological polar surface area (TPSA) is 202 Å². The Hall–Kier alpha value is -4.74. The summed E-state index contributed by atoms with van der Waals surface area (Å²) in [6, 6.07) is 4.16. The smallest absolute Gasteiger partial charge is 0.336 e. The molecule has 0 aromatic heterocycles. The van der Waals surface area contributed by atoms with Crippen molar-refractivity contribution in [2.24, 2.45) is 0 Å². The molecule has 0 heterocycles. The van der Waals surface area contributed by atoms with Crippen LogP contribution < -0.4 is 0 Å². The summed E-state index contributed by atoms with van der Waals surface area (Å²) in [6.45, 7) is 9.46. The number of aromatic carboxylic acids is 2. The minimum atomic E-state index is -1.36. The maximum absolute atomic E-state index is 11.2. The average molecular weight is 506 g/mol. The van der Waals surface area contributed by atoms with Gasteiger partial charge in [-0.2, -0.15) is 0 Å². The number of rotatable bonds is 12. The average Bonchev–Trinajstić information content (AvgIpc) is 2.77. The second-order valence-corrected chi connectivity index (χ2v) is 7.10. The normalized spacial score (nSPS) is 10.2. The standard InChI is InChI=1S/C14H14O6.C10H12O6/c1-8(2)14(19)20-7-6-9-4-3-5-10(12(15)16)11(9)13(17)18;1-6(2)10(15)16-4-3-7(9(13)14)5-8(11)12/h3-5H,1,6-7H2,2H3,(H,15,16)(H,17,18);5H,1,3-4H2,2H3,(H,11,12)(H,13,14)/b;7-5-. The molecule has 0 amide bonds. The van der Waals surface area contributed by atoms with Gasteiger partial charge in [0.25, 0.3) is 0 Å². The van der Waals surface area contributed by atoms with E-state index in [1.54, 1.807) is 0 Å². The lowest BCUT2D eigenvalue weighted by Crippen LogP contribution is -2.14. The van der Waals surface area contributed by atoms with Gasteiger partial charge in [0.1, 0.15) is 0 Å². The lowest BCUT2D eigenvalue weighted by molar-refractivity contribution is -0.140. The highest BCUT2D eigenvalue weighted by atomic mass is 16.5. The number of carbonyl (C=O) groups excluding carboxylic acids is 2. The van der Waals surface area contributed by atoms with Crippen LogP contribution in [0, 0.1) is 0 Å². The number of hydrogen-bond acceptors (Lipinski definition) is 8. The molecule has 0 aliphatic rings. The molecule has 0 aliphatic heterocycles. The number of carbonyl (C=O) groups is 6. The fraction of sp³-hybridized carbons (Fsp3) is 0.250. The van der Waals surface area contributed by atoms with Crippen LogP contribution in [0.4, 0.5) is 0 Å². The van der Waals surface area contributed by atoms with Gasteiger partial charge in [-0.3, -0.25) is 0 Å². The first-order chi connectivity index (χ1) is 16.7. The summed E-state index contributed by atoms with van der Waals surface area (Å²) < 4.78 is 9.49. The molecule has 1 aromatic rings. The van der Waals surface area contributed by atoms with E-state index in [1.165, 1.54) is 32.0 Å². The third-order valence-electron chi connectivity index (χ3n) is 4.07. The zero-order chi connectivity index (χ0) is 28.0. The maximum Gasteiger partial charge on any atom is 0.336 e. The Labute approximate surface area is 205 Å². The van der Waals surface area contributed by atoms with Crippen LogP contribution in [0.2, 0.25) is 0 Å². The van der Waals surface area contributed by atoms with E-state index in [0.29, 0.717) is 11.6 Å². The SMILES string of the molecule is C=C(C)C(=O)OCC/C(=C/C(=O)O)C(=O)O.C=C(C)C(=O)OCCc1cccc(C(=O)O)c1C(=O)O. The van der Waals surface area contributed by atoms with Crippen molar-refractivity contribution in [3.63, 3.8) is 0 Å². The predicted octanol–water partition coefficient (Wildman–Crippen LogP) is 2.34. The molecule has 4 N–H and O–H groups in total. The van der Waals surface area contributed by atoms with Crippen LogP contribution in [0.3, 0.4) is 0 Å². The molecule has 12 heteroatoms. The fourth-order valence-corrected chi connectivity index (χ4v) is 2.38. The first kappa shape index (κ1) is 31.3. The molecule has 1 aromatic carbocycles. The fourth-order valence-electron chi connectivity index (χ4n) is 2.38. The molecule has 0 saturated carbocycles. The van der Waals surface area contributed by atoms with Crippen LogP contribution in [0.15, 0.2) is 54.2 Å². The number of esters is 2. The molecule has 0 bridgehead atoms. The highest BCUT2D eigenvalue weighted by Gasteiger charge is 2.20. The summed E-state index contributed by atoms with van der Waals surface area (Å²) in [5.41, 5.74) is -0.177. The molecular formula is C24H26O12. The van der Waals surface area contributed by atoms with Crippen LogP contribution in [-0.4, -0.2) is 69.5 Å². The van der Waals surface area contributed by atoms with Crippen molar-refractivity contribution in [1.82, 2.24) is 0 Å². The highest BCUT2D eigenvalue weighted by molar-refractivity contribution is 6.02. The Morgan fingerprint density at radius 3 is 1.78 bits per heavy atom. The Kier molecular flexibility index (Phi) is 13.2. The number of benzene rings is 1. The van der Waals surface area contributed by atoms with E-state index in [1.807, 2.05) is 0 Å². The van der Waals surface area contributed by atoms with E-state index in [9.17, 15) is 28.8 Å². The van der Waals surface area contributed by atoms with E-state index >= 15 is 0 Å². The van der Waals surface area contributed by atoms with Crippen molar-refractivity contribution in [1.29, 1.82) is 0 Å². The zero-order valence-electron chi connectivity index (χ0n) is 19.6. The molecule has 0 unspecified atom stereocenters. The predicted molar refractivity (Wildman–Crippen MR) is 124 cm³/mol. The van der Waals surface area contributed by atoms with Gasteiger partial charge in [0.2, 0.25) is 0 Å². The summed E-state index contributed by atoms with van der Waals surface area (Å²) in [6.07, 6.45) is 0.513. The molecule has 0 saturated heterocycles. The van der Waals surface area contributed by atoms with Crippen molar-refractivity contribution in [2.45, 2.75) is 26.7 Å². The number of aliphatic carboxylic acids is 2. The van der Waals surface area contributed by atoms with Crippen LogP contribution in [-0.2, 0) is 35.1 Å². The number of hydrogen-bond donors (Lipinski definition) is 4. The number of carboxylic acids is 4. The van der Waals surface area contributed by atoms with E-state index in [0.717, 1.165) is 0 Å². The lowest BCUT2D eigenvalue weighted by atomic mass is 9.99. The van der Waals surface area contributed by atoms with Gasteiger partial charge in [-0.1, -0.05) is 25.3 Å². The van der Waals surface area contributed by atoms with Gasteiger partial charge in [0.15, 0.2) is 0 Å². The third-order valence-corrected chi connectivity index (χ3v) is 4.07. The van der Waals surface area contributed by atoms with Crippen molar-refractivity contribution >= 4 is 35.8 Å². The van der Waals surface area contributed by atoms with Gasteiger partial charge in [-0.25, -0.2) is 28.8 Å². The van der Waals surface area contributed by atoms with Gasteiger partial charge in [-0.05, 0) is 25.5 Å². The first-order valence-corrected chi connectivity index (χ1v) is 10.1. The Morgan fingerprint density at radius 1 is 0.833 bits per heavy atom. The van der Waals surface area contributed by atoms with E-state index in [2.05, 4.69) is 17.9 Å². The van der Waals surface area contributed by atoms with E-state index < -0.39 is 35.8 Å². The summed E-state index contributed by atoms with van der Waals surface area (Å²) in [5, 5.41) is 35.0. The highest BCUT2D eigenvalue weighted by Crippen LogP contribution is 2.16. The number of ether oxygens (including phenoxy) is 2. The first-order valence-electron chi connectivity index (χ1n) is 10.1. The molecule has 0 spiro atoms. The minimum Gasteiger partial charge on any atom is -0.478 e. The van der Waals surface area contributed by atoms with Gasteiger partial charge >= 0.3 is 35.8 Å². The molecule has 194 valence electrons. The van der Waals surface area contributed by atoms with Crippen LogP contribution in [0.5, 0.6) is 0 Å². The monoisotopic (exact) mass is 506 g/mol. The van der Waals surface area contributed by atoms with Gasteiger partial charge < -0.3 is 29.9 Å². The maximum atomic E-state index is 11.2. The molecule has 0 atom stereocenters. The van der Waals surface area contributed by atoms with Crippen molar-refractivity contribution in [3.05, 3.63) is 70.8 Å². The van der Waals surface area contributed by atoms with Crippen molar-refractivity contribution in [2.75, 3.05) is 13.2 Å². The zero-order valence-corrected chi connectivity index (χ0v) is 19.6. The molecule has 0 aliphatic carbocycles. The van der Waals surface area contributed by atoms with Crippen molar-refractivity contribution in [3.8, 4) is 0 Å². The Bertz CT molecular complexity index is 1090. The van der Waals surface area contributed by atoms with Crippen LogP contribution >= 0.6 is 0 Å². The quantitative estimate of drug-likeness (QED) is 0.238. The molecule has 36 heavy (non-hydrogen) atoms. The van der Waals surface area contributed by atoms with Gasteiger partial charge in [0, 0.05) is 35.6 Å². The summed E-state index contributed by atoms with van der Waals surface area (Å²) >= 11 is 0. The summed E-state index contributed by atoms with van der Waals surface area (Å²) in [4.78, 5) is 65.1. The molecule has 0 radical (unpaired) electrons. The lowest BCUT2D eigenvalue weighted by Gasteiger charge is -2.09. The Balaban J connectivity index is 0.000000700.